The molecule has 0 aliphatic rings. The molecule has 0 atom stereocenters. The number of aryl methyl sites for hydroxylation is 3. The second-order valence-electron chi connectivity index (χ2n) is 32.1. The van der Waals surface area contributed by atoms with Crippen LogP contribution in [0, 0.1) is 20.8 Å². The zero-order valence-electron chi connectivity index (χ0n) is 74.3. The lowest BCUT2D eigenvalue weighted by atomic mass is 9.77. The number of aromatic nitrogens is 8. The zero-order chi connectivity index (χ0) is 95.5. The van der Waals surface area contributed by atoms with Crippen molar-refractivity contribution in [3.63, 3.8) is 0 Å². The van der Waals surface area contributed by atoms with E-state index in [1.807, 2.05) is 266 Å². The summed E-state index contributed by atoms with van der Waals surface area (Å²) in [5.41, 5.74) is 12.0. The summed E-state index contributed by atoms with van der Waals surface area (Å²) in [5, 5.41) is 28.9. The van der Waals surface area contributed by atoms with E-state index in [0.29, 0.717) is 26.3 Å². The van der Waals surface area contributed by atoms with Gasteiger partial charge >= 0.3 is 12.4 Å². The van der Waals surface area contributed by atoms with Crippen molar-refractivity contribution in [1.82, 2.24) is 39.3 Å². The molecule has 0 saturated carbocycles. The van der Waals surface area contributed by atoms with E-state index in [1.165, 1.54) is 34.3 Å². The predicted octanol–water partition coefficient (Wildman–Crippen LogP) is 30.8. The van der Waals surface area contributed by atoms with Gasteiger partial charge in [-0.2, -0.15) is 41.6 Å². The minimum Gasteiger partial charge on any atom is -0.344 e. The molecule has 0 radical (unpaired) electrons. The molecule has 5 aromatic heterocycles. The van der Waals surface area contributed by atoms with Crippen molar-refractivity contribution in [2.45, 2.75) is 60.8 Å². The average molecular weight is 1930 g/mol. The summed E-state index contributed by atoms with van der Waals surface area (Å²) in [6.07, 6.45) is -2.05. The quantitative estimate of drug-likeness (QED) is 0.0515. The Kier molecular flexibility index (Phi) is 30.1. The maximum atomic E-state index is 13.4. The van der Waals surface area contributed by atoms with Crippen LogP contribution in [0.2, 0.25) is 20.1 Å². The Bertz CT molecular complexity index is 6990. The van der Waals surface area contributed by atoms with Crippen molar-refractivity contribution in [2.75, 3.05) is 10.6 Å². The first-order valence-electron chi connectivity index (χ1n) is 43.9. The van der Waals surface area contributed by atoms with Crippen LogP contribution in [-0.4, -0.2) is 39.3 Å². The third-order valence-electron chi connectivity index (χ3n) is 23.8. The molecular weight excluding hydrogens is 1840 g/mol. The molecule has 15 aromatic carbocycles. The van der Waals surface area contributed by atoms with Gasteiger partial charge in [-0.3, -0.25) is 9.36 Å². The van der Waals surface area contributed by atoms with E-state index in [0.717, 1.165) is 123 Å². The van der Waals surface area contributed by atoms with Gasteiger partial charge in [0.25, 0.3) is 0 Å². The molecule has 2 N–H and O–H groups in total. The Morgan fingerprint density at radius 1 is 0.263 bits per heavy atom. The van der Waals surface area contributed by atoms with Crippen LogP contribution < -0.4 is 10.6 Å². The summed E-state index contributed by atoms with van der Waals surface area (Å²) in [6, 6.07) is 142. The van der Waals surface area contributed by atoms with Gasteiger partial charge < -0.3 is 10.6 Å². The molecule has 0 saturated heterocycles. The van der Waals surface area contributed by atoms with E-state index in [1.54, 1.807) is 29.7 Å². The molecule has 682 valence electrons. The number of nitrogens with zero attached hydrogens (tertiary/aromatic N) is 8. The van der Waals surface area contributed by atoms with Crippen LogP contribution in [0.25, 0.3) is 0 Å². The molecule has 0 amide bonds. The Balaban J connectivity index is 0.000000124. The minimum absolute atomic E-state index is 0.435. The Morgan fingerprint density at radius 2 is 0.533 bits per heavy atom. The third-order valence-corrected chi connectivity index (χ3v) is 26.4. The van der Waals surface area contributed by atoms with Crippen LogP contribution in [0.4, 0.5) is 36.6 Å². The van der Waals surface area contributed by atoms with Crippen LogP contribution in [0.3, 0.4) is 0 Å². The fourth-order valence-electron chi connectivity index (χ4n) is 17.8. The molecule has 0 fully saturated rings. The summed E-state index contributed by atoms with van der Waals surface area (Å²) in [5.74, 6) is 0. The molecule has 0 bridgehead atoms. The van der Waals surface area contributed by atoms with E-state index in [4.69, 9.17) is 56.6 Å². The van der Waals surface area contributed by atoms with Crippen molar-refractivity contribution in [2.24, 2.45) is 0 Å². The number of hydrogen-bond acceptors (Lipinski definition) is 9. The first-order chi connectivity index (χ1) is 66.6. The van der Waals surface area contributed by atoms with Crippen LogP contribution in [0.5, 0.6) is 0 Å². The molecule has 5 heterocycles. The van der Waals surface area contributed by atoms with Crippen LogP contribution >= 0.6 is 69.1 Å². The fourth-order valence-corrected chi connectivity index (χ4v) is 19.9. The van der Waals surface area contributed by atoms with E-state index < -0.39 is 51.3 Å². The standard InChI is InChI=1S/C24H21ClN2.C23H16ClF3N2.C23H19ClN2.C23H17F3N2S.C22H17ClN2S/c1-18-17-19(2)27(26-18)24(20-11-5-3-6-12-20,21-13-7-4-8-14-21)22-15-9-10-16-23(22)25;24-20-14-8-7-13-19(20)22(17-9-3-1-4-10-17,18-11-5-2-6-12-18)29-16-15-21(28-29)23(25,26)27;1-18-16-17-26(25-18)23(19-10-4-2-5-11-19,20-12-6-3-7-13-20)21-14-8-9-15-22(21)24;24-23(25,26)20-13-11-19(12-14-20)22(17-7-3-1-4-8-17,18-9-5-2-6-10-18)28-21-27-15-16-29-21;23-20-13-11-19(12-14-20)22(17-7-3-1-4-8-17,18-9-5-2-6-10-18)25-21-24-15-16-26-21/h3-17H,1-2H3;1-16H;2-17H,1H3;1-16H,(H,27,28);1-16H,(H,24,25). The lowest BCUT2D eigenvalue weighted by Gasteiger charge is -2.37. The predicted molar refractivity (Wildman–Crippen MR) is 545 cm³/mol. The smallest absolute Gasteiger partial charge is 0.344 e. The first kappa shape index (κ1) is 95.7. The molecule has 20 rings (SSSR count). The van der Waals surface area contributed by atoms with Gasteiger partial charge in [-0.1, -0.05) is 429 Å². The fraction of sp³-hybridized carbons (Fsp3) is 0.0870. The topological polar surface area (TPSA) is 103 Å². The molecule has 0 aliphatic heterocycles. The second-order valence-corrected chi connectivity index (χ2v) is 35.6. The number of rotatable bonds is 22. The monoisotopic (exact) mass is 1930 g/mol. The van der Waals surface area contributed by atoms with E-state index >= 15 is 0 Å². The molecule has 22 heteroatoms. The number of halogens is 10. The number of alkyl halides is 6. The normalized spacial score (nSPS) is 11.7. The van der Waals surface area contributed by atoms with Gasteiger partial charge in [-0.25, -0.2) is 14.6 Å². The highest BCUT2D eigenvalue weighted by atomic mass is 35.5. The molecule has 0 spiro atoms. The summed E-state index contributed by atoms with van der Waals surface area (Å²) in [7, 11) is 0. The van der Waals surface area contributed by atoms with Gasteiger partial charge in [-0.15, -0.1) is 22.7 Å². The zero-order valence-corrected chi connectivity index (χ0v) is 78.9. The average Bonchev–Trinajstić information content (AvgIpc) is 1.67. The summed E-state index contributed by atoms with van der Waals surface area (Å²) in [6.45, 7) is 6.12. The second kappa shape index (κ2) is 43.0. The van der Waals surface area contributed by atoms with Crippen LogP contribution in [0.15, 0.2) is 478 Å². The molecule has 20 aromatic rings. The minimum atomic E-state index is -4.55. The number of benzene rings is 15. The summed E-state index contributed by atoms with van der Waals surface area (Å²) < 4.78 is 85.0. The van der Waals surface area contributed by atoms with E-state index in [-0.39, 0.29) is 0 Å². The Hall–Kier alpha value is -14.5. The Labute approximate surface area is 820 Å². The van der Waals surface area contributed by atoms with Crippen molar-refractivity contribution >= 4 is 79.3 Å². The van der Waals surface area contributed by atoms with Crippen LogP contribution in [-0.2, 0) is 40.0 Å². The highest BCUT2D eigenvalue weighted by molar-refractivity contribution is 7.13. The molecular formula is C115H90Cl4F6N10S2. The van der Waals surface area contributed by atoms with Gasteiger partial charge in [0.05, 0.1) is 17.0 Å². The first-order valence-corrected chi connectivity index (χ1v) is 47.2. The van der Waals surface area contributed by atoms with Crippen molar-refractivity contribution in [3.8, 4) is 0 Å². The lowest BCUT2D eigenvalue weighted by molar-refractivity contribution is -0.141. The highest BCUT2D eigenvalue weighted by Crippen LogP contribution is 2.50. The molecule has 0 unspecified atom stereocenters. The van der Waals surface area contributed by atoms with E-state index in [9.17, 15) is 26.3 Å². The van der Waals surface area contributed by atoms with Crippen molar-refractivity contribution in [3.05, 3.63) is 610 Å². The molecule has 137 heavy (non-hydrogen) atoms. The number of hydrogen-bond donors (Lipinski definition) is 2. The number of nitrogens with one attached hydrogen (secondary N) is 2. The largest absolute Gasteiger partial charge is 0.435 e. The van der Waals surface area contributed by atoms with Crippen molar-refractivity contribution < 1.29 is 26.3 Å². The van der Waals surface area contributed by atoms with Gasteiger partial charge in [0.15, 0.2) is 16.0 Å². The van der Waals surface area contributed by atoms with Gasteiger partial charge in [-0.05, 0) is 148 Å². The SMILES string of the molecule is Cc1cc(C)n(C(c2ccccc2)(c2ccccc2)c2ccccc2Cl)n1.Cc1ccn(C(c2ccccc2)(c2ccccc2)c2ccccc2Cl)n1.Clc1ccc(C(Nc2nccs2)(c2ccccc2)c2ccccc2)cc1.FC(F)(F)c1ccc(C(Nc2nccs2)(c2ccccc2)c2ccccc2)cc1.FC(F)(F)c1ccn(C(c2ccccc2)(c2ccccc2)c2ccccc2Cl)n1. The van der Waals surface area contributed by atoms with Gasteiger partial charge in [0.2, 0.25) is 0 Å². The maximum Gasteiger partial charge on any atom is 0.435 e. The van der Waals surface area contributed by atoms with Gasteiger partial charge in [0, 0.05) is 78.0 Å². The maximum absolute atomic E-state index is 13.4. The highest BCUT2D eigenvalue weighted by Gasteiger charge is 2.47. The molecule has 0 aliphatic carbocycles. The van der Waals surface area contributed by atoms with E-state index in [2.05, 4.69) is 213 Å². The lowest BCUT2D eigenvalue weighted by Crippen LogP contribution is -2.39. The molecule has 10 nitrogen and oxygen atoms in total. The van der Waals surface area contributed by atoms with Crippen molar-refractivity contribution in [1.29, 1.82) is 0 Å². The van der Waals surface area contributed by atoms with Crippen LogP contribution in [0.1, 0.15) is 112 Å². The number of thiazole rings is 2. The van der Waals surface area contributed by atoms with Gasteiger partial charge in [0.1, 0.15) is 27.7 Å². The number of anilines is 2. The Morgan fingerprint density at radius 3 is 0.803 bits per heavy atom. The summed E-state index contributed by atoms with van der Waals surface area (Å²) >= 11 is 29.3. The third kappa shape index (κ3) is 20.3. The summed E-state index contributed by atoms with van der Waals surface area (Å²) in [4.78, 5) is 8.84.